The van der Waals surface area contributed by atoms with Gasteiger partial charge in [0.25, 0.3) is 5.69 Å². The van der Waals surface area contributed by atoms with E-state index in [-0.39, 0.29) is 17.5 Å². The summed E-state index contributed by atoms with van der Waals surface area (Å²) < 4.78 is 41.2. The zero-order chi connectivity index (χ0) is 22.9. The first kappa shape index (κ1) is 22.2. The minimum Gasteiger partial charge on any atom is -0.380 e. The molecule has 32 heavy (non-hydrogen) atoms. The maximum absolute atomic E-state index is 13.4. The number of non-ortho nitro benzene ring substituents is 1. The van der Waals surface area contributed by atoms with Crippen LogP contribution in [0.3, 0.4) is 0 Å². The summed E-state index contributed by atoms with van der Waals surface area (Å²) in [6, 6.07) is 10.2. The molecule has 0 unspecified atom stereocenters. The van der Waals surface area contributed by atoms with Crippen LogP contribution in [0, 0.1) is 10.1 Å². The highest BCUT2D eigenvalue weighted by molar-refractivity contribution is 7.17. The number of nitrogens with one attached hydrogen (secondary N) is 1. The number of carbonyl (C=O) groups excluding carboxylic acids is 1. The molecule has 1 aromatic heterocycles. The largest absolute Gasteiger partial charge is 0.418 e. The van der Waals surface area contributed by atoms with Crippen molar-refractivity contribution < 1.29 is 22.9 Å². The number of Topliss-reactive ketones (excluding diaryl/α,β-unsaturated/α-hetero) is 1. The van der Waals surface area contributed by atoms with Gasteiger partial charge in [0.1, 0.15) is 0 Å². The van der Waals surface area contributed by atoms with Crippen molar-refractivity contribution in [2.75, 3.05) is 25.0 Å². The van der Waals surface area contributed by atoms with Crippen LogP contribution >= 0.6 is 11.3 Å². The number of hydrogen-bond acceptors (Lipinski definition) is 6. The first-order chi connectivity index (χ1) is 15.2. The van der Waals surface area contributed by atoms with E-state index in [4.69, 9.17) is 0 Å². The number of ketones is 1. The van der Waals surface area contributed by atoms with E-state index < -0.39 is 22.4 Å². The van der Waals surface area contributed by atoms with E-state index in [1.165, 1.54) is 11.3 Å². The lowest BCUT2D eigenvalue weighted by Gasteiger charge is -2.20. The van der Waals surface area contributed by atoms with Crippen LogP contribution in [0.15, 0.2) is 47.8 Å². The van der Waals surface area contributed by atoms with Gasteiger partial charge in [0.05, 0.1) is 10.5 Å². The van der Waals surface area contributed by atoms with E-state index in [1.54, 1.807) is 0 Å². The number of anilines is 1. The van der Waals surface area contributed by atoms with E-state index in [2.05, 4.69) is 5.32 Å². The standard InChI is InChI=1S/C22H20F3N3O3S/c23-22(24,25)18-11-15(28(30)31)5-6-19(18)26-14-7-9-27(12-14)10-8-20(29)17-13-32-21-4-2-1-3-16(17)21/h1-6,11,13-14,26H,7-10,12H2/t14-/m1/s1. The predicted octanol–water partition coefficient (Wildman–Crippen LogP) is 5.59. The fourth-order valence-corrected chi connectivity index (χ4v) is 4.93. The molecule has 1 aliphatic rings. The van der Waals surface area contributed by atoms with Crippen molar-refractivity contribution in [1.29, 1.82) is 0 Å². The quantitative estimate of drug-likeness (QED) is 0.281. The number of carbonyl (C=O) groups is 1. The maximum Gasteiger partial charge on any atom is 0.418 e. The van der Waals surface area contributed by atoms with E-state index >= 15 is 0 Å². The van der Waals surface area contributed by atoms with Gasteiger partial charge in [0.2, 0.25) is 0 Å². The van der Waals surface area contributed by atoms with Gasteiger partial charge >= 0.3 is 6.18 Å². The molecule has 3 aromatic rings. The molecule has 1 aliphatic heterocycles. The number of nitrogens with zero attached hydrogens (tertiary/aromatic N) is 2. The highest BCUT2D eigenvalue weighted by Gasteiger charge is 2.36. The zero-order valence-electron chi connectivity index (χ0n) is 16.9. The number of likely N-dealkylation sites (tertiary alicyclic amines) is 1. The minimum absolute atomic E-state index is 0.0496. The minimum atomic E-state index is -4.71. The fourth-order valence-electron chi connectivity index (χ4n) is 3.97. The molecule has 1 atom stereocenters. The molecule has 2 aromatic carbocycles. The number of nitro benzene ring substituents is 1. The van der Waals surface area contributed by atoms with Gasteiger partial charge in [-0.05, 0) is 18.6 Å². The molecular formula is C22H20F3N3O3S. The molecule has 1 fully saturated rings. The number of benzene rings is 2. The Morgan fingerprint density at radius 2 is 2.03 bits per heavy atom. The van der Waals surface area contributed by atoms with Crippen molar-refractivity contribution in [1.82, 2.24) is 4.90 Å². The maximum atomic E-state index is 13.4. The number of nitro groups is 1. The van der Waals surface area contributed by atoms with Crippen molar-refractivity contribution >= 4 is 38.6 Å². The van der Waals surface area contributed by atoms with E-state index in [1.807, 2.05) is 34.5 Å². The summed E-state index contributed by atoms with van der Waals surface area (Å²) in [5.41, 5.74) is -1.11. The second-order valence-electron chi connectivity index (χ2n) is 7.73. The summed E-state index contributed by atoms with van der Waals surface area (Å²) in [6.07, 6.45) is -3.76. The number of thiophene rings is 1. The molecule has 168 valence electrons. The normalized spacial score (nSPS) is 17.0. The van der Waals surface area contributed by atoms with Crippen molar-refractivity contribution in [2.24, 2.45) is 0 Å². The molecule has 1 N–H and O–H groups in total. The Kier molecular flexibility index (Phi) is 6.16. The molecule has 0 bridgehead atoms. The second-order valence-corrected chi connectivity index (χ2v) is 8.65. The van der Waals surface area contributed by atoms with Crippen LogP contribution in [-0.2, 0) is 6.18 Å². The Balaban J connectivity index is 1.37. The molecule has 1 saturated heterocycles. The summed E-state index contributed by atoms with van der Waals surface area (Å²) >= 11 is 1.53. The smallest absolute Gasteiger partial charge is 0.380 e. The van der Waals surface area contributed by atoms with Crippen molar-refractivity contribution in [3.8, 4) is 0 Å². The Labute approximate surface area is 185 Å². The van der Waals surface area contributed by atoms with Crippen LogP contribution in [0.5, 0.6) is 0 Å². The van der Waals surface area contributed by atoms with E-state index in [0.29, 0.717) is 44.1 Å². The third-order valence-corrected chi connectivity index (χ3v) is 6.55. The Morgan fingerprint density at radius 3 is 2.78 bits per heavy atom. The molecule has 0 spiro atoms. The van der Waals surface area contributed by atoms with Crippen LogP contribution < -0.4 is 5.32 Å². The molecule has 6 nitrogen and oxygen atoms in total. The summed E-state index contributed by atoms with van der Waals surface area (Å²) in [5.74, 6) is 0.0496. The molecule has 0 amide bonds. The van der Waals surface area contributed by atoms with Gasteiger partial charge in [-0.25, -0.2) is 0 Å². The number of fused-ring (bicyclic) bond motifs is 1. The van der Waals surface area contributed by atoms with Crippen molar-refractivity contribution in [3.63, 3.8) is 0 Å². The fraction of sp³-hybridized carbons (Fsp3) is 0.318. The van der Waals surface area contributed by atoms with Gasteiger partial charge < -0.3 is 10.2 Å². The molecule has 0 aliphatic carbocycles. The molecule has 2 heterocycles. The van der Waals surface area contributed by atoms with Gasteiger partial charge in [-0.15, -0.1) is 11.3 Å². The summed E-state index contributed by atoms with van der Waals surface area (Å²) in [7, 11) is 0. The van der Waals surface area contributed by atoms with E-state index in [0.717, 1.165) is 22.2 Å². The highest BCUT2D eigenvalue weighted by atomic mass is 32.1. The number of rotatable bonds is 7. The average Bonchev–Trinajstić information content (AvgIpc) is 3.38. The summed E-state index contributed by atoms with van der Waals surface area (Å²) in [6.45, 7) is 1.67. The van der Waals surface area contributed by atoms with Gasteiger partial charge in [-0.3, -0.25) is 14.9 Å². The molecular weight excluding hydrogens is 443 g/mol. The Morgan fingerprint density at radius 1 is 1.25 bits per heavy atom. The van der Waals surface area contributed by atoms with Crippen molar-refractivity contribution in [2.45, 2.75) is 25.1 Å². The van der Waals surface area contributed by atoms with Crippen LogP contribution in [0.25, 0.3) is 10.1 Å². The van der Waals surface area contributed by atoms with Crippen LogP contribution in [0.2, 0.25) is 0 Å². The average molecular weight is 463 g/mol. The molecule has 4 rings (SSSR count). The summed E-state index contributed by atoms with van der Waals surface area (Å²) in [4.78, 5) is 24.7. The Bertz CT molecular complexity index is 1160. The molecule has 10 heteroatoms. The molecule has 0 radical (unpaired) electrons. The third-order valence-electron chi connectivity index (χ3n) is 5.59. The lowest BCUT2D eigenvalue weighted by atomic mass is 10.1. The first-order valence-corrected chi connectivity index (χ1v) is 10.9. The topological polar surface area (TPSA) is 75.5 Å². The SMILES string of the molecule is O=C(CCN1CC[C@@H](Nc2ccc([N+](=O)[O-])cc2C(F)(F)F)C1)c1csc2ccccc12. The lowest BCUT2D eigenvalue weighted by Crippen LogP contribution is -2.28. The van der Waals surface area contributed by atoms with Crippen LogP contribution in [-0.4, -0.2) is 41.3 Å². The van der Waals surface area contributed by atoms with Crippen molar-refractivity contribution in [3.05, 3.63) is 69.1 Å². The number of alkyl halides is 3. The van der Waals surface area contributed by atoms with Gasteiger partial charge in [0.15, 0.2) is 5.78 Å². The van der Waals surface area contributed by atoms with Crippen LogP contribution in [0.1, 0.15) is 28.8 Å². The van der Waals surface area contributed by atoms with Gasteiger partial charge in [-0.2, -0.15) is 13.2 Å². The Hall–Kier alpha value is -2.98. The summed E-state index contributed by atoms with van der Waals surface area (Å²) in [5, 5.41) is 16.5. The number of hydrogen-bond donors (Lipinski definition) is 1. The van der Waals surface area contributed by atoms with E-state index in [9.17, 15) is 28.1 Å². The monoisotopic (exact) mass is 463 g/mol. The van der Waals surface area contributed by atoms with Gasteiger partial charge in [0, 0.05) is 70.9 Å². The predicted molar refractivity (Wildman–Crippen MR) is 117 cm³/mol. The van der Waals surface area contributed by atoms with Gasteiger partial charge in [-0.1, -0.05) is 18.2 Å². The zero-order valence-corrected chi connectivity index (χ0v) is 17.7. The molecule has 0 saturated carbocycles. The highest BCUT2D eigenvalue weighted by Crippen LogP contribution is 2.37. The first-order valence-electron chi connectivity index (χ1n) is 10.1. The second kappa shape index (κ2) is 8.87. The number of halogens is 3. The third kappa shape index (κ3) is 4.76. The lowest BCUT2D eigenvalue weighted by molar-refractivity contribution is -0.385. The van der Waals surface area contributed by atoms with Crippen LogP contribution in [0.4, 0.5) is 24.5 Å².